The number of nitrogens with zero attached hydrogens (tertiary/aromatic N) is 2. The molecule has 0 spiro atoms. The van der Waals surface area contributed by atoms with Crippen LogP contribution in [-0.2, 0) is 0 Å². The van der Waals surface area contributed by atoms with Gasteiger partial charge in [0, 0.05) is 25.2 Å². The van der Waals surface area contributed by atoms with Crippen molar-refractivity contribution in [3.63, 3.8) is 0 Å². The minimum absolute atomic E-state index is 0.294. The normalized spacial score (nSPS) is 10.2. The molecule has 1 heterocycles. The van der Waals surface area contributed by atoms with Crippen LogP contribution in [0.15, 0.2) is 29.6 Å². The lowest BCUT2D eigenvalue weighted by molar-refractivity contribution is 0.0954. The molecule has 5 nitrogen and oxygen atoms in total. The lowest BCUT2D eigenvalue weighted by Gasteiger charge is -1.96. The Bertz CT molecular complexity index is 296. The number of carbonyl (C=O) groups is 1. The number of nitrogens with two attached hydrogens (primary N) is 1. The van der Waals surface area contributed by atoms with Gasteiger partial charge in [-0.15, -0.1) is 0 Å². The first-order valence-corrected chi connectivity index (χ1v) is 3.76. The minimum atomic E-state index is -0.294. The summed E-state index contributed by atoms with van der Waals surface area (Å²) < 4.78 is 0. The molecule has 5 heteroatoms. The second kappa shape index (κ2) is 5.00. The molecule has 0 radical (unpaired) electrons. The lowest BCUT2D eigenvalue weighted by atomic mass is 10.3. The number of amides is 1. The van der Waals surface area contributed by atoms with Crippen LogP contribution in [0.25, 0.3) is 0 Å². The highest BCUT2D eigenvalue weighted by Gasteiger charge is 2.01. The van der Waals surface area contributed by atoms with E-state index in [4.69, 9.17) is 5.73 Å². The van der Waals surface area contributed by atoms with Crippen LogP contribution in [0.2, 0.25) is 0 Å². The Kier molecular flexibility index (Phi) is 3.59. The highest BCUT2D eigenvalue weighted by atomic mass is 16.2. The molecule has 3 N–H and O–H groups in total. The molecule has 0 aliphatic heterocycles. The summed E-state index contributed by atoms with van der Waals surface area (Å²) in [4.78, 5) is 15.0. The number of nitrogens with one attached hydrogen (secondary N) is 1. The SMILES string of the molecule is NC/C=N/NC(=O)c1cccnc1. The Hall–Kier alpha value is -1.75. The van der Waals surface area contributed by atoms with E-state index in [9.17, 15) is 4.79 Å². The van der Waals surface area contributed by atoms with E-state index in [1.807, 2.05) is 0 Å². The van der Waals surface area contributed by atoms with Gasteiger partial charge in [-0.2, -0.15) is 5.10 Å². The standard InChI is InChI=1S/C8H10N4O/c9-3-5-11-12-8(13)7-2-1-4-10-6-7/h1-2,4-6H,3,9H2,(H,12,13)/b11-5+. The maximum absolute atomic E-state index is 11.2. The zero-order valence-electron chi connectivity index (χ0n) is 6.97. The van der Waals surface area contributed by atoms with Gasteiger partial charge in [-0.3, -0.25) is 9.78 Å². The zero-order chi connectivity index (χ0) is 9.52. The van der Waals surface area contributed by atoms with E-state index in [-0.39, 0.29) is 5.91 Å². The number of carbonyl (C=O) groups excluding carboxylic acids is 1. The minimum Gasteiger partial charge on any atom is -0.326 e. The Balaban J connectivity index is 2.54. The average Bonchev–Trinajstić information content (AvgIpc) is 2.19. The van der Waals surface area contributed by atoms with Crippen LogP contribution in [0.5, 0.6) is 0 Å². The van der Waals surface area contributed by atoms with E-state index in [1.165, 1.54) is 12.4 Å². The van der Waals surface area contributed by atoms with Gasteiger partial charge < -0.3 is 5.73 Å². The summed E-state index contributed by atoms with van der Waals surface area (Å²) in [5.41, 5.74) is 7.92. The molecule has 0 unspecified atom stereocenters. The van der Waals surface area contributed by atoms with Gasteiger partial charge in [-0.1, -0.05) is 0 Å². The number of rotatable bonds is 3. The molecule has 0 saturated heterocycles. The van der Waals surface area contributed by atoms with Crippen LogP contribution >= 0.6 is 0 Å². The first-order valence-electron chi connectivity index (χ1n) is 3.76. The average molecular weight is 178 g/mol. The predicted octanol–water partition coefficient (Wildman–Crippen LogP) is -0.244. The van der Waals surface area contributed by atoms with Crippen molar-refractivity contribution in [1.82, 2.24) is 10.4 Å². The van der Waals surface area contributed by atoms with Crippen LogP contribution < -0.4 is 11.2 Å². The number of hydrogen-bond acceptors (Lipinski definition) is 4. The van der Waals surface area contributed by atoms with E-state index < -0.39 is 0 Å². The third-order valence-corrected chi connectivity index (χ3v) is 1.29. The van der Waals surface area contributed by atoms with Gasteiger partial charge in [0.05, 0.1) is 5.56 Å². The quantitative estimate of drug-likeness (QED) is 0.495. The zero-order valence-corrected chi connectivity index (χ0v) is 6.97. The highest BCUT2D eigenvalue weighted by Crippen LogP contribution is 1.93. The summed E-state index contributed by atoms with van der Waals surface area (Å²) in [5, 5.41) is 3.59. The molecule has 1 aromatic rings. The fourth-order valence-corrected chi connectivity index (χ4v) is 0.719. The molecule has 1 aromatic heterocycles. The molecule has 0 bridgehead atoms. The molecule has 1 amide bonds. The maximum atomic E-state index is 11.2. The highest BCUT2D eigenvalue weighted by molar-refractivity contribution is 5.93. The van der Waals surface area contributed by atoms with Gasteiger partial charge >= 0.3 is 0 Å². The number of aromatic nitrogens is 1. The molecule has 0 fully saturated rings. The summed E-state index contributed by atoms with van der Waals surface area (Å²) in [5.74, 6) is -0.294. The molecule has 1 rings (SSSR count). The summed E-state index contributed by atoms with van der Waals surface area (Å²) in [7, 11) is 0. The molecular weight excluding hydrogens is 168 g/mol. The van der Waals surface area contributed by atoms with Crippen molar-refractivity contribution < 1.29 is 4.79 Å². The van der Waals surface area contributed by atoms with Gasteiger partial charge in [-0.05, 0) is 12.1 Å². The van der Waals surface area contributed by atoms with Crippen molar-refractivity contribution in [1.29, 1.82) is 0 Å². The molecule has 0 atom stereocenters. The summed E-state index contributed by atoms with van der Waals surface area (Å²) in [6.45, 7) is 0.299. The van der Waals surface area contributed by atoms with Gasteiger partial charge in [0.15, 0.2) is 0 Å². The topological polar surface area (TPSA) is 80.4 Å². The molecule has 0 aromatic carbocycles. The maximum Gasteiger partial charge on any atom is 0.272 e. The second-order valence-corrected chi connectivity index (χ2v) is 2.23. The first kappa shape index (κ1) is 9.34. The Morgan fingerprint density at radius 2 is 2.62 bits per heavy atom. The van der Waals surface area contributed by atoms with Crippen molar-refractivity contribution in [2.75, 3.05) is 6.54 Å². The Labute approximate surface area is 75.7 Å². The lowest BCUT2D eigenvalue weighted by Crippen LogP contribution is -2.18. The van der Waals surface area contributed by atoms with Gasteiger partial charge in [0.1, 0.15) is 0 Å². The van der Waals surface area contributed by atoms with E-state index in [0.29, 0.717) is 12.1 Å². The van der Waals surface area contributed by atoms with E-state index in [1.54, 1.807) is 18.3 Å². The molecular formula is C8H10N4O. The summed E-state index contributed by atoms with van der Waals surface area (Å²) in [6.07, 6.45) is 4.47. The number of hydrogen-bond donors (Lipinski definition) is 2. The first-order chi connectivity index (χ1) is 6.34. The number of pyridine rings is 1. The fourth-order valence-electron chi connectivity index (χ4n) is 0.719. The molecule has 13 heavy (non-hydrogen) atoms. The van der Waals surface area contributed by atoms with Crippen molar-refractivity contribution in [2.24, 2.45) is 10.8 Å². The Morgan fingerprint density at radius 3 is 3.23 bits per heavy atom. The molecule has 0 aliphatic rings. The van der Waals surface area contributed by atoms with Crippen LogP contribution in [-0.4, -0.2) is 23.7 Å². The molecule has 0 saturated carbocycles. The van der Waals surface area contributed by atoms with Crippen molar-refractivity contribution >= 4 is 12.1 Å². The molecule has 68 valence electrons. The van der Waals surface area contributed by atoms with Gasteiger partial charge in [0.25, 0.3) is 5.91 Å². The third kappa shape index (κ3) is 3.00. The van der Waals surface area contributed by atoms with Crippen molar-refractivity contribution in [3.8, 4) is 0 Å². The van der Waals surface area contributed by atoms with Crippen molar-refractivity contribution in [3.05, 3.63) is 30.1 Å². The fraction of sp³-hybridized carbons (Fsp3) is 0.125. The monoisotopic (exact) mass is 178 g/mol. The van der Waals surface area contributed by atoms with Crippen LogP contribution in [0, 0.1) is 0 Å². The van der Waals surface area contributed by atoms with Crippen LogP contribution in [0.4, 0.5) is 0 Å². The van der Waals surface area contributed by atoms with Crippen LogP contribution in [0.3, 0.4) is 0 Å². The van der Waals surface area contributed by atoms with Gasteiger partial charge in [0.2, 0.25) is 0 Å². The molecule has 0 aliphatic carbocycles. The van der Waals surface area contributed by atoms with E-state index in [0.717, 1.165) is 0 Å². The summed E-state index contributed by atoms with van der Waals surface area (Å²) in [6, 6.07) is 3.34. The van der Waals surface area contributed by atoms with Gasteiger partial charge in [-0.25, -0.2) is 5.43 Å². The predicted molar refractivity (Wildman–Crippen MR) is 49.2 cm³/mol. The Morgan fingerprint density at radius 1 is 1.77 bits per heavy atom. The van der Waals surface area contributed by atoms with E-state index in [2.05, 4.69) is 15.5 Å². The third-order valence-electron chi connectivity index (χ3n) is 1.29. The van der Waals surface area contributed by atoms with Crippen LogP contribution in [0.1, 0.15) is 10.4 Å². The van der Waals surface area contributed by atoms with Crippen molar-refractivity contribution in [2.45, 2.75) is 0 Å². The largest absolute Gasteiger partial charge is 0.326 e. The second-order valence-electron chi connectivity index (χ2n) is 2.23. The van der Waals surface area contributed by atoms with E-state index >= 15 is 0 Å². The smallest absolute Gasteiger partial charge is 0.272 e. The summed E-state index contributed by atoms with van der Waals surface area (Å²) >= 11 is 0. The number of hydrazone groups is 1.